The second-order valence-corrected chi connectivity index (χ2v) is 5.34. The van der Waals surface area contributed by atoms with Gasteiger partial charge in [0.15, 0.2) is 0 Å². The van der Waals surface area contributed by atoms with E-state index in [1.807, 2.05) is 31.0 Å². The van der Waals surface area contributed by atoms with Crippen LogP contribution in [0.1, 0.15) is 39.2 Å². The molecule has 2 rings (SSSR count). The summed E-state index contributed by atoms with van der Waals surface area (Å²) in [5.74, 6) is 0.757. The third kappa shape index (κ3) is 3.60. The van der Waals surface area contributed by atoms with Gasteiger partial charge in [0.25, 0.3) is 0 Å². The largest absolute Gasteiger partial charge is 0.381 e. The van der Waals surface area contributed by atoms with Crippen molar-refractivity contribution in [1.82, 2.24) is 14.7 Å². The first kappa shape index (κ1) is 15.0. The van der Waals surface area contributed by atoms with Gasteiger partial charge in [0.1, 0.15) is 6.04 Å². The molecule has 5 nitrogen and oxygen atoms in total. The van der Waals surface area contributed by atoms with Crippen LogP contribution in [0.15, 0.2) is 18.5 Å². The zero-order valence-electron chi connectivity index (χ0n) is 12.5. The fraction of sp³-hybridized carbons (Fsp3) is 0.733. The van der Waals surface area contributed by atoms with Gasteiger partial charge in [-0.1, -0.05) is 6.92 Å². The second kappa shape index (κ2) is 7.43. The van der Waals surface area contributed by atoms with Crippen LogP contribution in [-0.2, 0) is 9.53 Å². The van der Waals surface area contributed by atoms with Crippen LogP contribution >= 0.6 is 0 Å². The van der Waals surface area contributed by atoms with Crippen LogP contribution < -0.4 is 0 Å². The Kier molecular flexibility index (Phi) is 5.59. The van der Waals surface area contributed by atoms with E-state index in [2.05, 4.69) is 5.10 Å². The summed E-state index contributed by atoms with van der Waals surface area (Å²) in [5, 5.41) is 4.22. The number of hydrogen-bond donors (Lipinski definition) is 0. The summed E-state index contributed by atoms with van der Waals surface area (Å²) in [5.41, 5.74) is 0. The lowest BCUT2D eigenvalue weighted by Gasteiger charge is -2.31. The molecule has 1 aliphatic rings. The summed E-state index contributed by atoms with van der Waals surface area (Å²) >= 11 is 0. The Morgan fingerprint density at radius 3 is 2.75 bits per heavy atom. The summed E-state index contributed by atoms with van der Waals surface area (Å²) in [7, 11) is 0. The number of likely N-dealkylation sites (N-methyl/N-ethyl adjacent to an activating group) is 1. The number of aromatic nitrogens is 2. The molecule has 0 spiro atoms. The summed E-state index contributed by atoms with van der Waals surface area (Å²) in [6, 6.07) is 1.69. The van der Waals surface area contributed by atoms with E-state index in [9.17, 15) is 4.79 Å². The molecule has 0 aromatic carbocycles. The predicted molar refractivity (Wildman–Crippen MR) is 77.4 cm³/mol. The highest BCUT2D eigenvalue weighted by molar-refractivity contribution is 5.80. The van der Waals surface area contributed by atoms with Crippen LogP contribution in [0.3, 0.4) is 0 Å². The molecular weight excluding hydrogens is 254 g/mol. The van der Waals surface area contributed by atoms with Gasteiger partial charge >= 0.3 is 0 Å². The first-order chi connectivity index (χ1) is 9.76. The lowest BCUT2D eigenvalue weighted by Crippen LogP contribution is -2.41. The van der Waals surface area contributed by atoms with E-state index >= 15 is 0 Å². The van der Waals surface area contributed by atoms with E-state index in [1.54, 1.807) is 10.9 Å². The van der Waals surface area contributed by atoms with Crippen molar-refractivity contribution in [2.45, 2.75) is 39.2 Å². The van der Waals surface area contributed by atoms with E-state index in [0.717, 1.165) is 45.6 Å². The third-order valence-electron chi connectivity index (χ3n) is 4.03. The van der Waals surface area contributed by atoms with Gasteiger partial charge in [0.2, 0.25) is 5.91 Å². The van der Waals surface area contributed by atoms with Gasteiger partial charge in [0, 0.05) is 38.7 Å². The topological polar surface area (TPSA) is 47.4 Å². The molecule has 1 aromatic rings. The van der Waals surface area contributed by atoms with Crippen LogP contribution in [-0.4, -0.2) is 46.9 Å². The molecule has 1 fully saturated rings. The first-order valence-electron chi connectivity index (χ1n) is 7.61. The Morgan fingerprint density at radius 2 is 2.20 bits per heavy atom. The van der Waals surface area contributed by atoms with E-state index in [-0.39, 0.29) is 11.9 Å². The highest BCUT2D eigenvalue weighted by Crippen LogP contribution is 2.19. The van der Waals surface area contributed by atoms with Gasteiger partial charge < -0.3 is 9.64 Å². The Morgan fingerprint density at radius 1 is 1.45 bits per heavy atom. The minimum absolute atomic E-state index is 0.176. The zero-order valence-corrected chi connectivity index (χ0v) is 12.5. The predicted octanol–water partition coefficient (Wildman–Crippen LogP) is 2.11. The Labute approximate surface area is 120 Å². The lowest BCUT2D eigenvalue weighted by molar-refractivity contribution is -0.136. The Bertz CT molecular complexity index is 399. The number of nitrogens with zero attached hydrogens (tertiary/aromatic N) is 3. The summed E-state index contributed by atoms with van der Waals surface area (Å²) in [6.45, 7) is 7.34. The summed E-state index contributed by atoms with van der Waals surface area (Å²) < 4.78 is 7.16. The number of hydrogen-bond acceptors (Lipinski definition) is 3. The van der Waals surface area contributed by atoms with Crippen molar-refractivity contribution in [2.24, 2.45) is 5.92 Å². The van der Waals surface area contributed by atoms with Gasteiger partial charge in [0.05, 0.1) is 0 Å². The van der Waals surface area contributed by atoms with Crippen molar-refractivity contribution in [3.8, 4) is 0 Å². The number of rotatable bonds is 6. The monoisotopic (exact) mass is 279 g/mol. The van der Waals surface area contributed by atoms with Crippen LogP contribution in [0.25, 0.3) is 0 Å². The summed E-state index contributed by atoms with van der Waals surface area (Å²) in [4.78, 5) is 14.7. The first-order valence-corrected chi connectivity index (χ1v) is 7.61. The number of carbonyl (C=O) groups is 1. The van der Waals surface area contributed by atoms with E-state index < -0.39 is 0 Å². The molecule has 1 saturated heterocycles. The number of amides is 1. The second-order valence-electron chi connectivity index (χ2n) is 5.34. The molecule has 0 unspecified atom stereocenters. The van der Waals surface area contributed by atoms with Crippen LogP contribution in [0.5, 0.6) is 0 Å². The average molecular weight is 279 g/mol. The lowest BCUT2D eigenvalue weighted by atomic mass is 9.99. The molecule has 112 valence electrons. The normalized spacial score (nSPS) is 17.9. The molecular formula is C15H25N3O2. The molecule has 5 heteroatoms. The van der Waals surface area contributed by atoms with Crippen molar-refractivity contribution in [3.63, 3.8) is 0 Å². The van der Waals surface area contributed by atoms with E-state index in [4.69, 9.17) is 4.74 Å². The standard InChI is InChI=1S/C15H25N3O2/c1-3-14(18-9-5-8-16-18)15(19)17(4-2)12-13-6-10-20-11-7-13/h5,8-9,13-14H,3-4,6-7,10-12H2,1-2H3/t14-/m0/s1. The molecule has 0 radical (unpaired) electrons. The molecule has 0 aliphatic carbocycles. The van der Waals surface area contributed by atoms with Crippen LogP contribution in [0.2, 0.25) is 0 Å². The fourth-order valence-corrected chi connectivity index (χ4v) is 2.77. The molecule has 1 aliphatic heterocycles. The molecule has 0 saturated carbocycles. The maximum atomic E-state index is 12.7. The molecule has 1 aromatic heterocycles. The molecule has 1 atom stereocenters. The van der Waals surface area contributed by atoms with E-state index in [0.29, 0.717) is 5.92 Å². The minimum Gasteiger partial charge on any atom is -0.381 e. The molecule has 0 bridgehead atoms. The van der Waals surface area contributed by atoms with Crippen molar-refractivity contribution in [1.29, 1.82) is 0 Å². The maximum Gasteiger partial charge on any atom is 0.247 e. The van der Waals surface area contributed by atoms with Crippen molar-refractivity contribution >= 4 is 5.91 Å². The minimum atomic E-state index is -0.176. The van der Waals surface area contributed by atoms with Crippen molar-refractivity contribution < 1.29 is 9.53 Å². The van der Waals surface area contributed by atoms with Gasteiger partial charge in [-0.2, -0.15) is 5.10 Å². The van der Waals surface area contributed by atoms with Crippen molar-refractivity contribution in [3.05, 3.63) is 18.5 Å². The quantitative estimate of drug-likeness (QED) is 0.801. The Hall–Kier alpha value is -1.36. The van der Waals surface area contributed by atoms with Gasteiger partial charge in [-0.25, -0.2) is 0 Å². The van der Waals surface area contributed by atoms with Crippen LogP contribution in [0, 0.1) is 5.92 Å². The van der Waals surface area contributed by atoms with Crippen LogP contribution in [0.4, 0.5) is 0 Å². The highest BCUT2D eigenvalue weighted by atomic mass is 16.5. The van der Waals surface area contributed by atoms with Gasteiger partial charge in [-0.3, -0.25) is 9.48 Å². The Balaban J connectivity index is 1.99. The third-order valence-corrected chi connectivity index (χ3v) is 4.03. The number of carbonyl (C=O) groups excluding carboxylic acids is 1. The van der Waals surface area contributed by atoms with Crippen molar-refractivity contribution in [2.75, 3.05) is 26.3 Å². The zero-order chi connectivity index (χ0) is 14.4. The fourth-order valence-electron chi connectivity index (χ4n) is 2.77. The molecule has 20 heavy (non-hydrogen) atoms. The molecule has 0 N–H and O–H groups in total. The molecule has 2 heterocycles. The maximum absolute atomic E-state index is 12.7. The average Bonchev–Trinajstić information content (AvgIpc) is 3.00. The van der Waals surface area contributed by atoms with E-state index in [1.165, 1.54) is 0 Å². The summed E-state index contributed by atoms with van der Waals surface area (Å²) in [6.07, 6.45) is 6.48. The smallest absolute Gasteiger partial charge is 0.247 e. The highest BCUT2D eigenvalue weighted by Gasteiger charge is 2.26. The SMILES string of the molecule is CC[C@@H](C(=O)N(CC)CC1CCOCC1)n1cccn1. The molecule has 1 amide bonds. The van der Waals surface area contributed by atoms with Gasteiger partial charge in [-0.05, 0) is 38.2 Å². The van der Waals surface area contributed by atoms with Gasteiger partial charge in [-0.15, -0.1) is 0 Å². The number of ether oxygens (including phenoxy) is 1.